The summed E-state index contributed by atoms with van der Waals surface area (Å²) in [6, 6.07) is 5.77. The Morgan fingerprint density at radius 1 is 1.47 bits per heavy atom. The standard InChI is InChI=1S/C13H18BrNO2/c1-8(15)10-6-5-9(14)7-13(10)17-12-4-2-3-11(12)16/h5-8,11-12,16H,2-4,15H2,1H3/t8-,11?,12?/m0/s1. The van der Waals surface area contributed by atoms with Gasteiger partial charge < -0.3 is 15.6 Å². The molecule has 0 aromatic heterocycles. The van der Waals surface area contributed by atoms with Crippen LogP contribution in [0.25, 0.3) is 0 Å². The third-order valence-corrected chi connectivity index (χ3v) is 3.66. The van der Waals surface area contributed by atoms with E-state index in [9.17, 15) is 5.11 Å². The molecule has 0 aliphatic heterocycles. The van der Waals surface area contributed by atoms with E-state index in [4.69, 9.17) is 10.5 Å². The van der Waals surface area contributed by atoms with Gasteiger partial charge in [0.2, 0.25) is 0 Å². The van der Waals surface area contributed by atoms with Crippen molar-refractivity contribution in [3.05, 3.63) is 28.2 Å². The number of rotatable bonds is 3. The van der Waals surface area contributed by atoms with Gasteiger partial charge in [-0.1, -0.05) is 22.0 Å². The van der Waals surface area contributed by atoms with E-state index < -0.39 is 0 Å². The molecule has 1 aromatic rings. The molecule has 2 rings (SSSR count). The number of halogens is 1. The van der Waals surface area contributed by atoms with Crippen molar-refractivity contribution in [1.29, 1.82) is 0 Å². The van der Waals surface area contributed by atoms with Crippen LogP contribution in [0, 0.1) is 0 Å². The summed E-state index contributed by atoms with van der Waals surface area (Å²) in [5, 5.41) is 9.78. The first-order valence-electron chi connectivity index (χ1n) is 5.97. The van der Waals surface area contributed by atoms with Gasteiger partial charge in [0.15, 0.2) is 0 Å². The summed E-state index contributed by atoms with van der Waals surface area (Å²) in [5.41, 5.74) is 6.89. The Balaban J connectivity index is 2.21. The van der Waals surface area contributed by atoms with Gasteiger partial charge in [0.05, 0.1) is 6.10 Å². The van der Waals surface area contributed by atoms with Crippen LogP contribution in [0.5, 0.6) is 5.75 Å². The molecule has 0 heterocycles. The molecule has 0 spiro atoms. The zero-order valence-corrected chi connectivity index (χ0v) is 11.5. The Hall–Kier alpha value is -0.580. The monoisotopic (exact) mass is 299 g/mol. The minimum absolute atomic E-state index is 0.0726. The van der Waals surface area contributed by atoms with Crippen molar-refractivity contribution in [2.75, 3.05) is 0 Å². The minimum Gasteiger partial charge on any atom is -0.487 e. The van der Waals surface area contributed by atoms with Crippen LogP contribution in [0.4, 0.5) is 0 Å². The maximum Gasteiger partial charge on any atom is 0.125 e. The lowest BCUT2D eigenvalue weighted by molar-refractivity contribution is 0.0595. The number of aliphatic hydroxyl groups excluding tert-OH is 1. The molecule has 3 nitrogen and oxygen atoms in total. The molecule has 0 radical (unpaired) electrons. The zero-order valence-electron chi connectivity index (χ0n) is 9.90. The molecule has 2 unspecified atom stereocenters. The van der Waals surface area contributed by atoms with Crippen LogP contribution in [-0.4, -0.2) is 17.3 Å². The van der Waals surface area contributed by atoms with Crippen molar-refractivity contribution >= 4 is 15.9 Å². The molecule has 1 fully saturated rings. The molecule has 0 saturated heterocycles. The van der Waals surface area contributed by atoms with E-state index in [0.717, 1.165) is 35.0 Å². The average Bonchev–Trinajstić information content (AvgIpc) is 2.64. The van der Waals surface area contributed by atoms with E-state index in [1.165, 1.54) is 0 Å². The molecule has 1 aliphatic carbocycles. The minimum atomic E-state index is -0.352. The quantitative estimate of drug-likeness (QED) is 0.902. The Bertz CT molecular complexity index is 395. The molecule has 1 saturated carbocycles. The Morgan fingerprint density at radius 2 is 2.24 bits per heavy atom. The number of hydrogen-bond donors (Lipinski definition) is 2. The fourth-order valence-corrected chi connectivity index (χ4v) is 2.53. The smallest absolute Gasteiger partial charge is 0.125 e. The average molecular weight is 300 g/mol. The maximum atomic E-state index is 9.78. The normalized spacial score (nSPS) is 25.9. The first-order chi connectivity index (χ1) is 8.08. The summed E-state index contributed by atoms with van der Waals surface area (Å²) in [6.45, 7) is 1.93. The molecule has 17 heavy (non-hydrogen) atoms. The van der Waals surface area contributed by atoms with E-state index in [1.807, 2.05) is 25.1 Å². The second-order valence-electron chi connectivity index (χ2n) is 4.63. The third kappa shape index (κ3) is 3.00. The highest BCUT2D eigenvalue weighted by molar-refractivity contribution is 9.10. The summed E-state index contributed by atoms with van der Waals surface area (Å²) in [7, 11) is 0. The summed E-state index contributed by atoms with van der Waals surface area (Å²) < 4.78 is 6.86. The van der Waals surface area contributed by atoms with Gasteiger partial charge in [-0.05, 0) is 38.3 Å². The van der Waals surface area contributed by atoms with Gasteiger partial charge in [0, 0.05) is 16.1 Å². The van der Waals surface area contributed by atoms with Gasteiger partial charge in [0.25, 0.3) is 0 Å². The number of hydrogen-bond acceptors (Lipinski definition) is 3. The largest absolute Gasteiger partial charge is 0.487 e. The lowest BCUT2D eigenvalue weighted by Gasteiger charge is -2.21. The topological polar surface area (TPSA) is 55.5 Å². The highest BCUT2D eigenvalue weighted by Crippen LogP contribution is 2.31. The fourth-order valence-electron chi connectivity index (χ4n) is 2.19. The second-order valence-corrected chi connectivity index (χ2v) is 5.54. The van der Waals surface area contributed by atoms with Crippen molar-refractivity contribution in [2.24, 2.45) is 5.73 Å². The maximum absolute atomic E-state index is 9.78. The molecule has 3 atom stereocenters. The zero-order chi connectivity index (χ0) is 12.4. The number of benzene rings is 1. The van der Waals surface area contributed by atoms with Crippen LogP contribution in [-0.2, 0) is 0 Å². The second kappa shape index (κ2) is 5.38. The van der Waals surface area contributed by atoms with Gasteiger partial charge in [-0.15, -0.1) is 0 Å². The first kappa shape index (κ1) is 12.9. The number of nitrogens with two attached hydrogens (primary N) is 1. The van der Waals surface area contributed by atoms with Crippen LogP contribution >= 0.6 is 15.9 Å². The molecular weight excluding hydrogens is 282 g/mol. The predicted octanol–water partition coefficient (Wildman–Crippen LogP) is 2.76. The van der Waals surface area contributed by atoms with E-state index in [1.54, 1.807) is 0 Å². The van der Waals surface area contributed by atoms with Gasteiger partial charge in [0.1, 0.15) is 11.9 Å². The Morgan fingerprint density at radius 3 is 2.82 bits per heavy atom. The van der Waals surface area contributed by atoms with E-state index in [-0.39, 0.29) is 18.2 Å². The molecule has 0 bridgehead atoms. The van der Waals surface area contributed by atoms with Crippen molar-refractivity contribution in [3.8, 4) is 5.75 Å². The predicted molar refractivity (Wildman–Crippen MR) is 71.0 cm³/mol. The van der Waals surface area contributed by atoms with Crippen LogP contribution in [0.2, 0.25) is 0 Å². The van der Waals surface area contributed by atoms with E-state index in [2.05, 4.69) is 15.9 Å². The molecule has 4 heteroatoms. The van der Waals surface area contributed by atoms with Crippen LogP contribution in [0.3, 0.4) is 0 Å². The highest BCUT2D eigenvalue weighted by atomic mass is 79.9. The Kier molecular flexibility index (Phi) is 4.07. The van der Waals surface area contributed by atoms with Crippen LogP contribution in [0.1, 0.15) is 37.8 Å². The molecule has 0 amide bonds. The lowest BCUT2D eigenvalue weighted by atomic mass is 10.1. The van der Waals surface area contributed by atoms with Crippen LogP contribution < -0.4 is 10.5 Å². The molecule has 94 valence electrons. The first-order valence-corrected chi connectivity index (χ1v) is 6.77. The number of ether oxygens (including phenoxy) is 1. The van der Waals surface area contributed by atoms with Gasteiger partial charge in [-0.3, -0.25) is 0 Å². The molecular formula is C13H18BrNO2. The Labute approximate surface area is 110 Å². The van der Waals surface area contributed by atoms with Crippen molar-refractivity contribution < 1.29 is 9.84 Å². The summed E-state index contributed by atoms with van der Waals surface area (Å²) >= 11 is 3.43. The van der Waals surface area contributed by atoms with E-state index in [0.29, 0.717) is 0 Å². The summed E-state index contributed by atoms with van der Waals surface area (Å²) in [6.07, 6.45) is 2.31. The summed E-state index contributed by atoms with van der Waals surface area (Å²) in [5.74, 6) is 0.778. The highest BCUT2D eigenvalue weighted by Gasteiger charge is 2.27. The van der Waals surface area contributed by atoms with E-state index >= 15 is 0 Å². The lowest BCUT2D eigenvalue weighted by Crippen LogP contribution is -2.26. The van der Waals surface area contributed by atoms with Crippen molar-refractivity contribution in [3.63, 3.8) is 0 Å². The fraction of sp³-hybridized carbons (Fsp3) is 0.538. The van der Waals surface area contributed by atoms with Gasteiger partial charge >= 0.3 is 0 Å². The molecule has 1 aliphatic rings. The summed E-state index contributed by atoms with van der Waals surface area (Å²) in [4.78, 5) is 0. The SMILES string of the molecule is C[C@H](N)c1ccc(Br)cc1OC1CCCC1O. The third-order valence-electron chi connectivity index (χ3n) is 3.16. The van der Waals surface area contributed by atoms with Crippen molar-refractivity contribution in [2.45, 2.75) is 44.4 Å². The van der Waals surface area contributed by atoms with Gasteiger partial charge in [-0.2, -0.15) is 0 Å². The van der Waals surface area contributed by atoms with Crippen LogP contribution in [0.15, 0.2) is 22.7 Å². The molecule has 3 N–H and O–H groups in total. The number of aliphatic hydroxyl groups is 1. The van der Waals surface area contributed by atoms with Gasteiger partial charge in [-0.25, -0.2) is 0 Å². The van der Waals surface area contributed by atoms with Crippen molar-refractivity contribution in [1.82, 2.24) is 0 Å². The molecule has 1 aromatic carbocycles.